The Morgan fingerprint density at radius 2 is 2.30 bits per heavy atom. The standard InChI is InChI=1S/C16H23NO3/c1-3-19-16(18)17-9-5-7-14(11-17)12-20-15-8-4-6-13(2)10-15/h4,6,8,10,14H,3,5,7,9,11-12H2,1-2H3. The molecule has 0 N–H and O–H groups in total. The van der Waals surface area contributed by atoms with Gasteiger partial charge in [0.25, 0.3) is 0 Å². The Hall–Kier alpha value is -1.71. The monoisotopic (exact) mass is 277 g/mol. The lowest BCUT2D eigenvalue weighted by Gasteiger charge is -2.31. The van der Waals surface area contributed by atoms with Gasteiger partial charge in [-0.05, 0) is 44.4 Å². The normalized spacial score (nSPS) is 18.7. The SMILES string of the molecule is CCOC(=O)N1CCCC(COc2cccc(C)c2)C1. The molecule has 0 bridgehead atoms. The maximum Gasteiger partial charge on any atom is 0.409 e. The van der Waals surface area contributed by atoms with Crippen LogP contribution in [0.3, 0.4) is 0 Å². The number of piperidine rings is 1. The number of hydrogen-bond acceptors (Lipinski definition) is 3. The van der Waals surface area contributed by atoms with E-state index < -0.39 is 0 Å². The first kappa shape index (κ1) is 14.7. The number of ether oxygens (including phenoxy) is 2. The first-order chi connectivity index (χ1) is 9.69. The zero-order valence-electron chi connectivity index (χ0n) is 12.3. The number of benzene rings is 1. The van der Waals surface area contributed by atoms with Crippen LogP contribution in [-0.4, -0.2) is 37.3 Å². The predicted octanol–water partition coefficient (Wildman–Crippen LogP) is 3.24. The predicted molar refractivity (Wildman–Crippen MR) is 78.0 cm³/mol. The first-order valence-electron chi connectivity index (χ1n) is 7.30. The second kappa shape index (κ2) is 7.17. The highest BCUT2D eigenvalue weighted by molar-refractivity contribution is 5.67. The van der Waals surface area contributed by atoms with E-state index in [-0.39, 0.29) is 6.09 Å². The van der Waals surface area contributed by atoms with Crippen molar-refractivity contribution >= 4 is 6.09 Å². The van der Waals surface area contributed by atoms with Crippen LogP contribution in [0.15, 0.2) is 24.3 Å². The molecule has 4 nitrogen and oxygen atoms in total. The molecule has 1 amide bonds. The highest BCUT2D eigenvalue weighted by Gasteiger charge is 2.24. The molecule has 1 aliphatic rings. The van der Waals surface area contributed by atoms with Crippen LogP contribution in [0.4, 0.5) is 4.79 Å². The first-order valence-corrected chi connectivity index (χ1v) is 7.30. The summed E-state index contributed by atoms with van der Waals surface area (Å²) in [6.45, 7) is 6.49. The van der Waals surface area contributed by atoms with Gasteiger partial charge < -0.3 is 14.4 Å². The third-order valence-corrected chi connectivity index (χ3v) is 3.52. The second-order valence-corrected chi connectivity index (χ2v) is 5.28. The summed E-state index contributed by atoms with van der Waals surface area (Å²) in [6.07, 6.45) is 1.91. The third kappa shape index (κ3) is 4.15. The number of rotatable bonds is 4. The van der Waals surface area contributed by atoms with Gasteiger partial charge in [0, 0.05) is 19.0 Å². The lowest BCUT2D eigenvalue weighted by atomic mass is 9.99. The molecule has 20 heavy (non-hydrogen) atoms. The molecular formula is C16H23NO3. The molecule has 1 aromatic rings. The molecule has 0 spiro atoms. The Balaban J connectivity index is 1.82. The van der Waals surface area contributed by atoms with E-state index in [0.717, 1.165) is 31.7 Å². The van der Waals surface area contributed by atoms with Crippen molar-refractivity contribution in [2.45, 2.75) is 26.7 Å². The van der Waals surface area contributed by atoms with Gasteiger partial charge in [-0.1, -0.05) is 12.1 Å². The van der Waals surface area contributed by atoms with Gasteiger partial charge in [0.2, 0.25) is 0 Å². The van der Waals surface area contributed by atoms with E-state index in [1.807, 2.05) is 25.1 Å². The van der Waals surface area contributed by atoms with E-state index in [2.05, 4.69) is 13.0 Å². The lowest BCUT2D eigenvalue weighted by Crippen LogP contribution is -2.41. The highest BCUT2D eigenvalue weighted by atomic mass is 16.6. The molecule has 110 valence electrons. The van der Waals surface area contributed by atoms with E-state index in [0.29, 0.717) is 19.1 Å². The van der Waals surface area contributed by atoms with Crippen molar-refractivity contribution in [3.05, 3.63) is 29.8 Å². The Labute approximate surface area is 120 Å². The number of likely N-dealkylation sites (tertiary alicyclic amines) is 1. The molecular weight excluding hydrogens is 254 g/mol. The Morgan fingerprint density at radius 1 is 1.45 bits per heavy atom. The van der Waals surface area contributed by atoms with Gasteiger partial charge in [0.1, 0.15) is 5.75 Å². The van der Waals surface area contributed by atoms with Gasteiger partial charge in [-0.2, -0.15) is 0 Å². The summed E-state index contributed by atoms with van der Waals surface area (Å²) in [6, 6.07) is 8.05. The van der Waals surface area contributed by atoms with Gasteiger partial charge in [0.15, 0.2) is 0 Å². The third-order valence-electron chi connectivity index (χ3n) is 3.52. The van der Waals surface area contributed by atoms with Crippen molar-refractivity contribution in [2.75, 3.05) is 26.3 Å². The molecule has 0 saturated carbocycles. The van der Waals surface area contributed by atoms with Gasteiger partial charge in [-0.15, -0.1) is 0 Å². The lowest BCUT2D eigenvalue weighted by molar-refractivity contribution is 0.0790. The molecule has 1 heterocycles. The average molecular weight is 277 g/mol. The van der Waals surface area contributed by atoms with Crippen molar-refractivity contribution in [1.82, 2.24) is 4.90 Å². The minimum atomic E-state index is -0.201. The van der Waals surface area contributed by atoms with Crippen molar-refractivity contribution < 1.29 is 14.3 Å². The quantitative estimate of drug-likeness (QED) is 0.848. The van der Waals surface area contributed by atoms with Crippen LogP contribution in [0.2, 0.25) is 0 Å². The van der Waals surface area contributed by atoms with Crippen LogP contribution in [0.25, 0.3) is 0 Å². The summed E-state index contributed by atoms with van der Waals surface area (Å²) in [5.74, 6) is 1.28. The molecule has 1 fully saturated rings. The van der Waals surface area contributed by atoms with Crippen molar-refractivity contribution in [3.8, 4) is 5.75 Å². The van der Waals surface area contributed by atoms with E-state index in [9.17, 15) is 4.79 Å². The van der Waals surface area contributed by atoms with Crippen LogP contribution in [-0.2, 0) is 4.74 Å². The average Bonchev–Trinajstić information content (AvgIpc) is 2.46. The zero-order valence-corrected chi connectivity index (χ0v) is 12.3. The highest BCUT2D eigenvalue weighted by Crippen LogP contribution is 2.20. The summed E-state index contributed by atoms with van der Waals surface area (Å²) >= 11 is 0. The summed E-state index contributed by atoms with van der Waals surface area (Å²) in [4.78, 5) is 13.5. The van der Waals surface area contributed by atoms with Crippen LogP contribution in [0.1, 0.15) is 25.3 Å². The molecule has 0 radical (unpaired) electrons. The topological polar surface area (TPSA) is 38.8 Å². The molecule has 0 aromatic heterocycles. The van der Waals surface area contributed by atoms with Crippen LogP contribution in [0.5, 0.6) is 5.75 Å². The molecule has 1 saturated heterocycles. The fraction of sp³-hybridized carbons (Fsp3) is 0.562. The molecule has 2 rings (SSSR count). The Morgan fingerprint density at radius 3 is 3.05 bits per heavy atom. The maximum absolute atomic E-state index is 11.7. The van der Waals surface area contributed by atoms with Crippen molar-refractivity contribution in [2.24, 2.45) is 5.92 Å². The smallest absolute Gasteiger partial charge is 0.409 e. The van der Waals surface area contributed by atoms with Crippen LogP contribution < -0.4 is 4.74 Å². The van der Waals surface area contributed by atoms with Crippen LogP contribution in [0, 0.1) is 12.8 Å². The molecule has 0 aliphatic carbocycles. The Kier molecular flexibility index (Phi) is 5.27. The number of aryl methyl sites for hydroxylation is 1. The fourth-order valence-electron chi connectivity index (χ4n) is 2.50. The zero-order chi connectivity index (χ0) is 14.4. The van der Waals surface area contributed by atoms with Crippen LogP contribution >= 0.6 is 0 Å². The number of nitrogens with zero attached hydrogens (tertiary/aromatic N) is 1. The number of amides is 1. The molecule has 4 heteroatoms. The van der Waals surface area contributed by atoms with Crippen molar-refractivity contribution in [3.63, 3.8) is 0 Å². The number of carbonyl (C=O) groups is 1. The largest absolute Gasteiger partial charge is 0.493 e. The van der Waals surface area contributed by atoms with Gasteiger partial charge >= 0.3 is 6.09 Å². The molecule has 1 aromatic carbocycles. The van der Waals surface area contributed by atoms with Gasteiger partial charge in [0.05, 0.1) is 13.2 Å². The molecule has 1 atom stereocenters. The summed E-state index contributed by atoms with van der Waals surface area (Å²) < 4.78 is 10.9. The van der Waals surface area contributed by atoms with Crippen molar-refractivity contribution in [1.29, 1.82) is 0 Å². The summed E-state index contributed by atoms with van der Waals surface area (Å²) in [5, 5.41) is 0. The Bertz CT molecular complexity index is 447. The minimum Gasteiger partial charge on any atom is -0.493 e. The van der Waals surface area contributed by atoms with Gasteiger partial charge in [-0.3, -0.25) is 0 Å². The minimum absolute atomic E-state index is 0.201. The van der Waals surface area contributed by atoms with Gasteiger partial charge in [-0.25, -0.2) is 4.79 Å². The van der Waals surface area contributed by atoms with E-state index in [1.54, 1.807) is 4.90 Å². The van der Waals surface area contributed by atoms with E-state index in [4.69, 9.17) is 9.47 Å². The summed E-state index contributed by atoms with van der Waals surface area (Å²) in [7, 11) is 0. The number of hydrogen-bond donors (Lipinski definition) is 0. The summed E-state index contributed by atoms with van der Waals surface area (Å²) in [5.41, 5.74) is 1.19. The maximum atomic E-state index is 11.7. The fourth-order valence-corrected chi connectivity index (χ4v) is 2.50. The van der Waals surface area contributed by atoms with E-state index in [1.165, 1.54) is 5.56 Å². The van der Waals surface area contributed by atoms with E-state index >= 15 is 0 Å². The molecule has 1 unspecified atom stereocenters. The number of carbonyl (C=O) groups excluding carboxylic acids is 1. The second-order valence-electron chi connectivity index (χ2n) is 5.28. The molecule has 1 aliphatic heterocycles.